The first-order valence-corrected chi connectivity index (χ1v) is 6.42. The van der Waals surface area contributed by atoms with E-state index in [0.29, 0.717) is 5.02 Å². The van der Waals surface area contributed by atoms with Crippen LogP contribution in [0.1, 0.15) is 24.4 Å². The van der Waals surface area contributed by atoms with E-state index in [1.807, 2.05) is 30.3 Å². The van der Waals surface area contributed by atoms with Crippen molar-refractivity contribution in [1.29, 1.82) is 0 Å². The molecule has 0 aromatic carbocycles. The van der Waals surface area contributed by atoms with E-state index in [9.17, 15) is 0 Å². The summed E-state index contributed by atoms with van der Waals surface area (Å²) < 4.78 is 0. The maximum atomic E-state index is 6.20. The first kappa shape index (κ1) is 13.0. The number of rotatable bonds is 5. The van der Waals surface area contributed by atoms with Crippen molar-refractivity contribution in [3.05, 3.63) is 59.1 Å². The zero-order valence-electron chi connectivity index (χ0n) is 10.3. The lowest BCUT2D eigenvalue weighted by Crippen LogP contribution is -2.24. The summed E-state index contributed by atoms with van der Waals surface area (Å²) in [5, 5.41) is 4.10. The number of nitrogens with zero attached hydrogens (tertiary/aromatic N) is 2. The van der Waals surface area contributed by atoms with E-state index in [1.165, 1.54) is 0 Å². The number of pyridine rings is 2. The van der Waals surface area contributed by atoms with Gasteiger partial charge in [0.25, 0.3) is 0 Å². The van der Waals surface area contributed by atoms with Crippen LogP contribution in [0.5, 0.6) is 0 Å². The van der Waals surface area contributed by atoms with Gasteiger partial charge in [-0.25, -0.2) is 0 Å². The van der Waals surface area contributed by atoms with Crippen LogP contribution in [0.15, 0.2) is 42.7 Å². The first-order chi connectivity index (χ1) is 8.81. The molecule has 0 aliphatic rings. The summed E-state index contributed by atoms with van der Waals surface area (Å²) in [6, 6.07) is 9.73. The molecule has 4 heteroatoms. The second-order valence-electron chi connectivity index (χ2n) is 4.01. The van der Waals surface area contributed by atoms with E-state index in [2.05, 4.69) is 22.2 Å². The van der Waals surface area contributed by atoms with Crippen LogP contribution in [-0.4, -0.2) is 16.5 Å². The van der Waals surface area contributed by atoms with E-state index in [-0.39, 0.29) is 6.04 Å². The number of halogens is 1. The highest BCUT2D eigenvalue weighted by molar-refractivity contribution is 6.31. The van der Waals surface area contributed by atoms with E-state index in [0.717, 1.165) is 24.4 Å². The van der Waals surface area contributed by atoms with Crippen molar-refractivity contribution in [3.8, 4) is 0 Å². The van der Waals surface area contributed by atoms with Crippen molar-refractivity contribution >= 4 is 11.6 Å². The van der Waals surface area contributed by atoms with Crippen LogP contribution in [0.4, 0.5) is 0 Å². The van der Waals surface area contributed by atoms with Crippen LogP contribution >= 0.6 is 11.6 Å². The second-order valence-corrected chi connectivity index (χ2v) is 4.41. The molecular weight excluding hydrogens is 246 g/mol. The highest BCUT2D eigenvalue weighted by atomic mass is 35.5. The second kappa shape index (κ2) is 6.47. The Bertz CT molecular complexity index is 487. The average Bonchev–Trinajstić information content (AvgIpc) is 2.40. The lowest BCUT2D eigenvalue weighted by Gasteiger charge is -2.18. The maximum Gasteiger partial charge on any atom is 0.0762 e. The topological polar surface area (TPSA) is 37.8 Å². The van der Waals surface area contributed by atoms with E-state index in [1.54, 1.807) is 12.4 Å². The molecule has 2 heterocycles. The molecule has 0 spiro atoms. The molecule has 0 saturated carbocycles. The molecule has 1 N–H and O–H groups in total. The summed E-state index contributed by atoms with van der Waals surface area (Å²) >= 11 is 6.20. The molecule has 94 valence electrons. The van der Waals surface area contributed by atoms with Gasteiger partial charge < -0.3 is 5.32 Å². The van der Waals surface area contributed by atoms with Gasteiger partial charge in [-0.3, -0.25) is 9.97 Å². The molecule has 2 aromatic heterocycles. The normalized spacial score (nSPS) is 12.3. The van der Waals surface area contributed by atoms with Crippen molar-refractivity contribution in [2.45, 2.75) is 19.4 Å². The third-order valence-corrected chi connectivity index (χ3v) is 3.03. The van der Waals surface area contributed by atoms with Crippen LogP contribution in [0.2, 0.25) is 5.02 Å². The Labute approximate surface area is 112 Å². The molecule has 0 bridgehead atoms. The molecular formula is C14H16ClN3. The SMILES string of the molecule is CCNC(Cc1ccccn1)c1ncccc1Cl. The van der Waals surface area contributed by atoms with Gasteiger partial charge in [0.1, 0.15) is 0 Å². The van der Waals surface area contributed by atoms with Crippen molar-refractivity contribution in [1.82, 2.24) is 15.3 Å². The fourth-order valence-corrected chi connectivity index (χ4v) is 2.15. The van der Waals surface area contributed by atoms with Crippen LogP contribution in [0.3, 0.4) is 0 Å². The molecule has 0 aliphatic heterocycles. The molecule has 2 aromatic rings. The Morgan fingerprint density at radius 3 is 2.67 bits per heavy atom. The van der Waals surface area contributed by atoms with Crippen molar-refractivity contribution < 1.29 is 0 Å². The quantitative estimate of drug-likeness (QED) is 0.899. The van der Waals surface area contributed by atoms with Gasteiger partial charge in [0.05, 0.1) is 16.8 Å². The summed E-state index contributed by atoms with van der Waals surface area (Å²) in [5.74, 6) is 0. The number of aromatic nitrogens is 2. The van der Waals surface area contributed by atoms with Crippen LogP contribution in [-0.2, 0) is 6.42 Å². The minimum atomic E-state index is 0.0959. The largest absolute Gasteiger partial charge is 0.309 e. The minimum absolute atomic E-state index is 0.0959. The third-order valence-electron chi connectivity index (χ3n) is 2.71. The summed E-state index contributed by atoms with van der Waals surface area (Å²) in [6.45, 7) is 2.94. The van der Waals surface area contributed by atoms with Crippen molar-refractivity contribution in [2.24, 2.45) is 0 Å². The van der Waals surface area contributed by atoms with E-state index < -0.39 is 0 Å². The van der Waals surface area contributed by atoms with E-state index in [4.69, 9.17) is 11.6 Å². The average molecular weight is 262 g/mol. The Morgan fingerprint density at radius 2 is 2.00 bits per heavy atom. The monoisotopic (exact) mass is 261 g/mol. The Hall–Kier alpha value is -1.45. The molecule has 0 amide bonds. The van der Waals surface area contributed by atoms with Gasteiger partial charge in [-0.05, 0) is 30.8 Å². The molecule has 0 saturated heterocycles. The molecule has 3 nitrogen and oxygen atoms in total. The van der Waals surface area contributed by atoms with Crippen molar-refractivity contribution in [3.63, 3.8) is 0 Å². The van der Waals surface area contributed by atoms with Crippen LogP contribution in [0.25, 0.3) is 0 Å². The van der Waals surface area contributed by atoms with Crippen molar-refractivity contribution in [2.75, 3.05) is 6.54 Å². The number of hydrogen-bond donors (Lipinski definition) is 1. The predicted octanol–water partition coefficient (Wildman–Crippen LogP) is 3.02. The Balaban J connectivity index is 2.21. The van der Waals surface area contributed by atoms with Gasteiger partial charge >= 0.3 is 0 Å². The summed E-state index contributed by atoms with van der Waals surface area (Å²) in [5.41, 5.74) is 1.91. The Morgan fingerprint density at radius 1 is 1.17 bits per heavy atom. The molecule has 0 radical (unpaired) electrons. The first-order valence-electron chi connectivity index (χ1n) is 6.05. The van der Waals surface area contributed by atoms with Gasteiger partial charge in [-0.15, -0.1) is 0 Å². The smallest absolute Gasteiger partial charge is 0.0762 e. The molecule has 2 rings (SSSR count). The maximum absolute atomic E-state index is 6.20. The number of nitrogens with one attached hydrogen (secondary N) is 1. The summed E-state index contributed by atoms with van der Waals surface area (Å²) in [7, 11) is 0. The summed E-state index contributed by atoms with van der Waals surface area (Å²) in [4.78, 5) is 8.72. The molecule has 0 fully saturated rings. The zero-order valence-corrected chi connectivity index (χ0v) is 11.1. The summed E-state index contributed by atoms with van der Waals surface area (Å²) in [6.07, 6.45) is 4.35. The number of likely N-dealkylation sites (N-methyl/N-ethyl adjacent to an activating group) is 1. The standard InChI is InChI=1S/C14H16ClN3/c1-2-16-13(10-11-6-3-4-8-17-11)14-12(15)7-5-9-18-14/h3-9,13,16H,2,10H2,1H3. The van der Waals surface area contributed by atoms with Gasteiger partial charge in [0.15, 0.2) is 0 Å². The lowest BCUT2D eigenvalue weighted by molar-refractivity contribution is 0.531. The van der Waals surface area contributed by atoms with E-state index >= 15 is 0 Å². The minimum Gasteiger partial charge on any atom is -0.309 e. The van der Waals surface area contributed by atoms with Gasteiger partial charge in [0.2, 0.25) is 0 Å². The fraction of sp³-hybridized carbons (Fsp3) is 0.286. The van der Waals surface area contributed by atoms with Gasteiger partial charge in [-0.1, -0.05) is 24.6 Å². The molecule has 0 aliphatic carbocycles. The predicted molar refractivity (Wildman–Crippen MR) is 73.6 cm³/mol. The third kappa shape index (κ3) is 3.28. The van der Waals surface area contributed by atoms with Crippen LogP contribution < -0.4 is 5.32 Å². The fourth-order valence-electron chi connectivity index (χ4n) is 1.89. The zero-order chi connectivity index (χ0) is 12.8. The van der Waals surface area contributed by atoms with Gasteiger partial charge in [-0.2, -0.15) is 0 Å². The highest BCUT2D eigenvalue weighted by Crippen LogP contribution is 2.22. The van der Waals surface area contributed by atoms with Crippen LogP contribution in [0, 0.1) is 0 Å². The Kier molecular flexibility index (Phi) is 4.67. The molecule has 1 unspecified atom stereocenters. The lowest BCUT2D eigenvalue weighted by atomic mass is 10.1. The molecule has 18 heavy (non-hydrogen) atoms. The highest BCUT2D eigenvalue weighted by Gasteiger charge is 2.15. The van der Waals surface area contributed by atoms with Gasteiger partial charge in [0, 0.05) is 24.5 Å². The molecule has 1 atom stereocenters. The number of hydrogen-bond acceptors (Lipinski definition) is 3.